The van der Waals surface area contributed by atoms with Crippen LogP contribution in [0.15, 0.2) is 0 Å². The minimum Gasteiger partial charge on any atom is -0.390 e. The molecule has 0 heterocycles. The second-order valence-corrected chi connectivity index (χ2v) is 7.79. The zero-order valence-corrected chi connectivity index (χ0v) is 14.0. The quantitative estimate of drug-likeness (QED) is 0.682. The van der Waals surface area contributed by atoms with Gasteiger partial charge in [-0.3, -0.25) is 0 Å². The summed E-state index contributed by atoms with van der Waals surface area (Å²) in [6.45, 7) is 15.6. The van der Waals surface area contributed by atoms with Crippen LogP contribution >= 0.6 is 0 Å². The molecule has 0 bridgehead atoms. The first-order chi connectivity index (χ1) is 8.68. The predicted octanol–water partition coefficient (Wildman–Crippen LogP) is 4.07. The summed E-state index contributed by atoms with van der Waals surface area (Å²) in [6, 6.07) is 0.664. The highest BCUT2D eigenvalue weighted by atomic mass is 16.3. The molecule has 0 aromatic carbocycles. The molecule has 0 amide bonds. The third kappa shape index (κ3) is 5.83. The van der Waals surface area contributed by atoms with Crippen LogP contribution in [0.4, 0.5) is 0 Å². The molecular formula is C17H35NO. The first-order valence-electron chi connectivity index (χ1n) is 8.14. The lowest BCUT2D eigenvalue weighted by atomic mass is 9.95. The number of nitrogens with zero attached hydrogens (tertiary/aromatic N) is 1. The summed E-state index contributed by atoms with van der Waals surface area (Å²) >= 11 is 0. The van der Waals surface area contributed by atoms with Gasteiger partial charge in [-0.1, -0.05) is 13.8 Å². The highest BCUT2D eigenvalue weighted by Gasteiger charge is 2.49. The van der Waals surface area contributed by atoms with E-state index in [0.717, 1.165) is 12.3 Å². The van der Waals surface area contributed by atoms with Crippen LogP contribution in [0.3, 0.4) is 0 Å². The van der Waals surface area contributed by atoms with Gasteiger partial charge in [0.2, 0.25) is 0 Å². The molecule has 0 aromatic rings. The molecule has 0 aliphatic heterocycles. The number of hydrogen-bond acceptors (Lipinski definition) is 2. The standard InChI is InChI=1S/C17H35NO/c1-7-11-18(14(2)3)12-10-17(6)13-15(17)8-9-16(4,5)19/h14-15,19H,7-13H2,1-6H3. The molecule has 1 aliphatic carbocycles. The lowest BCUT2D eigenvalue weighted by Crippen LogP contribution is -2.33. The summed E-state index contributed by atoms with van der Waals surface area (Å²) in [6.07, 6.45) is 6.06. The predicted molar refractivity (Wildman–Crippen MR) is 83.4 cm³/mol. The van der Waals surface area contributed by atoms with E-state index < -0.39 is 5.60 Å². The molecule has 0 radical (unpaired) electrons. The maximum absolute atomic E-state index is 9.82. The van der Waals surface area contributed by atoms with E-state index in [-0.39, 0.29) is 0 Å². The van der Waals surface area contributed by atoms with Crippen LogP contribution in [-0.4, -0.2) is 34.7 Å². The second kappa shape index (κ2) is 6.58. The van der Waals surface area contributed by atoms with Gasteiger partial charge in [-0.15, -0.1) is 0 Å². The van der Waals surface area contributed by atoms with Crippen molar-refractivity contribution in [2.75, 3.05) is 13.1 Å². The van der Waals surface area contributed by atoms with Gasteiger partial charge in [0.1, 0.15) is 0 Å². The maximum atomic E-state index is 9.82. The Balaban J connectivity index is 2.30. The van der Waals surface area contributed by atoms with E-state index >= 15 is 0 Å². The first kappa shape index (κ1) is 17.0. The van der Waals surface area contributed by atoms with E-state index in [9.17, 15) is 5.11 Å². The Morgan fingerprint density at radius 1 is 1.32 bits per heavy atom. The summed E-state index contributed by atoms with van der Waals surface area (Å²) in [5.41, 5.74) is 0.0574. The average Bonchev–Trinajstić information content (AvgIpc) is 2.92. The van der Waals surface area contributed by atoms with E-state index in [1.165, 1.54) is 38.8 Å². The molecule has 2 nitrogen and oxygen atoms in total. The van der Waals surface area contributed by atoms with Gasteiger partial charge >= 0.3 is 0 Å². The molecule has 2 heteroatoms. The molecule has 0 saturated heterocycles. The molecule has 114 valence electrons. The largest absolute Gasteiger partial charge is 0.390 e. The van der Waals surface area contributed by atoms with Crippen molar-refractivity contribution in [1.82, 2.24) is 4.90 Å². The van der Waals surface area contributed by atoms with Crippen molar-refractivity contribution in [2.45, 2.75) is 85.3 Å². The van der Waals surface area contributed by atoms with Gasteiger partial charge in [0, 0.05) is 6.04 Å². The summed E-state index contributed by atoms with van der Waals surface area (Å²) in [4.78, 5) is 2.61. The number of aliphatic hydroxyl groups is 1. The Kier molecular flexibility index (Phi) is 5.88. The fraction of sp³-hybridized carbons (Fsp3) is 1.00. The van der Waals surface area contributed by atoms with E-state index in [4.69, 9.17) is 0 Å². The van der Waals surface area contributed by atoms with Gasteiger partial charge in [0.05, 0.1) is 5.60 Å². The van der Waals surface area contributed by atoms with Crippen LogP contribution in [0, 0.1) is 11.3 Å². The Labute approximate surface area is 120 Å². The van der Waals surface area contributed by atoms with Crippen molar-refractivity contribution in [3.05, 3.63) is 0 Å². The summed E-state index contributed by atoms with van der Waals surface area (Å²) in [5, 5.41) is 9.82. The van der Waals surface area contributed by atoms with Crippen molar-refractivity contribution >= 4 is 0 Å². The molecule has 0 aromatic heterocycles. The van der Waals surface area contributed by atoms with Crippen LogP contribution in [0.1, 0.15) is 73.6 Å². The molecule has 19 heavy (non-hydrogen) atoms. The van der Waals surface area contributed by atoms with Crippen LogP contribution in [-0.2, 0) is 0 Å². The van der Waals surface area contributed by atoms with Crippen LogP contribution in [0.5, 0.6) is 0 Å². The monoisotopic (exact) mass is 269 g/mol. The van der Waals surface area contributed by atoms with E-state index in [0.29, 0.717) is 11.5 Å². The second-order valence-electron chi connectivity index (χ2n) is 7.79. The zero-order chi connectivity index (χ0) is 14.7. The van der Waals surface area contributed by atoms with Gasteiger partial charge in [0.15, 0.2) is 0 Å². The van der Waals surface area contributed by atoms with Crippen LogP contribution in [0.2, 0.25) is 0 Å². The molecule has 2 unspecified atom stereocenters. The molecule has 1 rings (SSSR count). The van der Waals surface area contributed by atoms with Gasteiger partial charge in [0.25, 0.3) is 0 Å². The Hall–Kier alpha value is -0.0800. The molecule has 0 spiro atoms. The zero-order valence-electron chi connectivity index (χ0n) is 14.0. The lowest BCUT2D eigenvalue weighted by Gasteiger charge is -2.27. The van der Waals surface area contributed by atoms with Gasteiger partial charge in [-0.25, -0.2) is 0 Å². The Morgan fingerprint density at radius 3 is 2.42 bits per heavy atom. The normalized spacial score (nSPS) is 27.3. The van der Waals surface area contributed by atoms with Gasteiger partial charge in [-0.2, -0.15) is 0 Å². The van der Waals surface area contributed by atoms with Gasteiger partial charge < -0.3 is 10.0 Å². The van der Waals surface area contributed by atoms with Crippen molar-refractivity contribution in [3.8, 4) is 0 Å². The van der Waals surface area contributed by atoms with Gasteiger partial charge in [-0.05, 0) is 84.2 Å². The minimum absolute atomic E-state index is 0.490. The molecule has 1 aliphatic rings. The van der Waals surface area contributed by atoms with Crippen molar-refractivity contribution in [1.29, 1.82) is 0 Å². The summed E-state index contributed by atoms with van der Waals surface area (Å²) in [7, 11) is 0. The maximum Gasteiger partial charge on any atom is 0.0591 e. The van der Waals surface area contributed by atoms with E-state index in [2.05, 4.69) is 32.6 Å². The van der Waals surface area contributed by atoms with Crippen LogP contribution in [0.25, 0.3) is 0 Å². The fourth-order valence-corrected chi connectivity index (χ4v) is 3.10. The summed E-state index contributed by atoms with van der Waals surface area (Å²) < 4.78 is 0. The van der Waals surface area contributed by atoms with Crippen molar-refractivity contribution in [2.24, 2.45) is 11.3 Å². The Bertz CT molecular complexity index is 269. The van der Waals surface area contributed by atoms with E-state index in [1.807, 2.05) is 13.8 Å². The molecule has 1 fully saturated rings. The highest BCUT2D eigenvalue weighted by Crippen LogP contribution is 2.57. The van der Waals surface area contributed by atoms with E-state index in [1.54, 1.807) is 0 Å². The number of rotatable bonds is 9. The fourth-order valence-electron chi connectivity index (χ4n) is 3.10. The lowest BCUT2D eigenvalue weighted by molar-refractivity contribution is 0.0656. The molecule has 1 N–H and O–H groups in total. The van der Waals surface area contributed by atoms with Crippen LogP contribution < -0.4 is 0 Å². The molecular weight excluding hydrogens is 234 g/mol. The third-order valence-electron chi connectivity index (χ3n) is 4.85. The SMILES string of the molecule is CCCN(CCC1(C)CC1CCC(C)(C)O)C(C)C. The first-order valence-corrected chi connectivity index (χ1v) is 8.14. The topological polar surface area (TPSA) is 23.5 Å². The molecule has 2 atom stereocenters. The number of hydrogen-bond donors (Lipinski definition) is 1. The smallest absolute Gasteiger partial charge is 0.0591 e. The molecule has 1 saturated carbocycles. The average molecular weight is 269 g/mol. The Morgan fingerprint density at radius 2 is 1.95 bits per heavy atom. The summed E-state index contributed by atoms with van der Waals surface area (Å²) in [5.74, 6) is 0.842. The van der Waals surface area contributed by atoms with Crippen molar-refractivity contribution in [3.63, 3.8) is 0 Å². The van der Waals surface area contributed by atoms with Crippen molar-refractivity contribution < 1.29 is 5.11 Å². The third-order valence-corrected chi connectivity index (χ3v) is 4.85. The minimum atomic E-state index is -0.490. The highest BCUT2D eigenvalue weighted by molar-refractivity contribution is 4.99.